The number of para-hydroxylation sites is 1. The second-order valence-electron chi connectivity index (χ2n) is 9.37. The van der Waals surface area contributed by atoms with Crippen molar-refractivity contribution in [3.63, 3.8) is 0 Å². The molecule has 0 spiro atoms. The standard InChI is InChI=1S/C17H10NO.C14H16GeN.Ir/c1-3-9-15-12(6-1)13-8-5-11-18-17(13)14-7-2-4-10-16(14)19-15;1-15(2,3)13-9-10-14(16-11-13)12-7-5-4-6-8-12;/h1-6,8-11H;4-7,9-11H,1-3H3;/q2*-1;. The van der Waals surface area contributed by atoms with Crippen LogP contribution in [0.2, 0.25) is 17.3 Å². The quantitative estimate of drug-likeness (QED) is 0.139. The topological polar surface area (TPSA) is 35.0 Å². The van der Waals surface area contributed by atoms with E-state index in [9.17, 15) is 0 Å². The van der Waals surface area contributed by atoms with E-state index in [4.69, 9.17) is 4.74 Å². The second-order valence-corrected chi connectivity index (χ2v) is 20.0. The first kappa shape index (κ1) is 26.0. The monoisotopic (exact) mass is 709 g/mol. The number of aromatic nitrogens is 2. The summed E-state index contributed by atoms with van der Waals surface area (Å²) in [5.74, 6) is 8.80. The summed E-state index contributed by atoms with van der Waals surface area (Å²) in [6.45, 7) is 0. The molecule has 0 bridgehead atoms. The van der Waals surface area contributed by atoms with Gasteiger partial charge in [0.1, 0.15) is 5.75 Å². The van der Waals surface area contributed by atoms with Gasteiger partial charge >= 0.3 is 99.8 Å². The van der Waals surface area contributed by atoms with Crippen LogP contribution in [0.3, 0.4) is 0 Å². The molecule has 1 radical (unpaired) electrons. The fraction of sp³-hybridized carbons (Fsp3) is 0.0968. The van der Waals surface area contributed by atoms with Gasteiger partial charge in [-0.05, 0) is 23.4 Å². The van der Waals surface area contributed by atoms with E-state index in [2.05, 4.69) is 63.6 Å². The first-order valence-electron chi connectivity index (χ1n) is 11.7. The maximum absolute atomic E-state index is 6.01. The van der Waals surface area contributed by atoms with Crippen molar-refractivity contribution in [2.45, 2.75) is 17.3 Å². The zero-order chi connectivity index (χ0) is 24.3. The molecule has 0 aliphatic carbocycles. The molecule has 1 aliphatic heterocycles. The fourth-order valence-electron chi connectivity index (χ4n) is 3.96. The number of hydrogen-bond acceptors (Lipinski definition) is 3. The minimum absolute atomic E-state index is 0. The molecule has 0 atom stereocenters. The summed E-state index contributed by atoms with van der Waals surface area (Å²) in [5.41, 5.74) is 6.05. The summed E-state index contributed by atoms with van der Waals surface area (Å²) < 4.78 is 7.46. The Morgan fingerprint density at radius 2 is 1.44 bits per heavy atom. The van der Waals surface area contributed by atoms with E-state index in [1.165, 1.54) is 4.40 Å². The van der Waals surface area contributed by atoms with E-state index in [1.54, 1.807) is 6.20 Å². The number of pyridine rings is 2. The number of nitrogens with zero attached hydrogens (tertiary/aromatic N) is 2. The maximum Gasteiger partial charge on any atom is 0.121 e. The van der Waals surface area contributed by atoms with Crippen molar-refractivity contribution in [3.8, 4) is 45.1 Å². The largest absolute Gasteiger partial charge is 0.501 e. The molecule has 36 heavy (non-hydrogen) atoms. The molecule has 2 aromatic heterocycles. The Bertz CT molecular complexity index is 1380. The number of rotatable bonds is 2. The molecule has 0 amide bonds. The molecule has 0 fully saturated rings. The Balaban J connectivity index is 0.000000167. The van der Waals surface area contributed by atoms with Crippen LogP contribution >= 0.6 is 0 Å². The van der Waals surface area contributed by atoms with Gasteiger partial charge in [0.15, 0.2) is 0 Å². The van der Waals surface area contributed by atoms with Gasteiger partial charge in [-0.1, -0.05) is 29.8 Å². The molecule has 181 valence electrons. The minimum Gasteiger partial charge on any atom is -0.501 e. The van der Waals surface area contributed by atoms with Gasteiger partial charge < -0.3 is 9.72 Å². The predicted molar refractivity (Wildman–Crippen MR) is 146 cm³/mol. The zero-order valence-corrected chi connectivity index (χ0v) is 24.9. The van der Waals surface area contributed by atoms with Gasteiger partial charge in [0.05, 0.1) is 0 Å². The minimum atomic E-state index is -1.72. The summed E-state index contributed by atoms with van der Waals surface area (Å²) in [6.07, 6.45) is 3.84. The van der Waals surface area contributed by atoms with Crippen LogP contribution in [0.25, 0.3) is 33.6 Å². The van der Waals surface area contributed by atoms with Gasteiger partial charge in [-0.2, -0.15) is 0 Å². The summed E-state index contributed by atoms with van der Waals surface area (Å²) >= 11 is -1.72. The summed E-state index contributed by atoms with van der Waals surface area (Å²) in [7, 11) is 0. The average molecular weight is 707 g/mol. The number of ether oxygens (including phenoxy) is 1. The van der Waals surface area contributed by atoms with Gasteiger partial charge in [-0.25, -0.2) is 0 Å². The third kappa shape index (κ3) is 5.67. The van der Waals surface area contributed by atoms with Crippen molar-refractivity contribution in [1.82, 2.24) is 9.97 Å². The van der Waals surface area contributed by atoms with E-state index in [0.717, 1.165) is 45.1 Å². The first-order chi connectivity index (χ1) is 17.0. The Labute approximate surface area is 229 Å². The molecular weight excluding hydrogens is 681 g/mol. The van der Waals surface area contributed by atoms with Crippen molar-refractivity contribution in [2.24, 2.45) is 0 Å². The predicted octanol–water partition coefficient (Wildman–Crippen LogP) is 7.41. The molecule has 0 unspecified atom stereocenters. The van der Waals surface area contributed by atoms with Crippen molar-refractivity contribution in [1.29, 1.82) is 0 Å². The molecule has 3 aromatic carbocycles. The molecule has 3 heterocycles. The maximum atomic E-state index is 6.01. The van der Waals surface area contributed by atoms with Gasteiger partial charge in [0, 0.05) is 37.6 Å². The fourth-order valence-corrected chi connectivity index (χ4v) is 6.13. The summed E-state index contributed by atoms with van der Waals surface area (Å²) in [4.78, 5) is 9.04. The van der Waals surface area contributed by atoms with E-state index in [-0.39, 0.29) is 20.1 Å². The number of fused-ring (bicyclic) bond motifs is 5. The van der Waals surface area contributed by atoms with Crippen LogP contribution in [0.1, 0.15) is 0 Å². The van der Waals surface area contributed by atoms with Crippen molar-refractivity contribution in [3.05, 3.63) is 116 Å². The van der Waals surface area contributed by atoms with Crippen molar-refractivity contribution in [2.75, 3.05) is 0 Å². The average Bonchev–Trinajstić information content (AvgIpc) is 3.04. The molecule has 0 saturated carbocycles. The normalized spacial score (nSPS) is 11.2. The molecule has 0 saturated heterocycles. The van der Waals surface area contributed by atoms with E-state index in [1.807, 2.05) is 72.9 Å². The Kier molecular flexibility index (Phi) is 8.20. The van der Waals surface area contributed by atoms with Gasteiger partial charge in [-0.3, -0.25) is 0 Å². The smallest absolute Gasteiger partial charge is 0.121 e. The zero-order valence-electron chi connectivity index (χ0n) is 20.5. The van der Waals surface area contributed by atoms with Crippen LogP contribution in [0.5, 0.6) is 11.5 Å². The third-order valence-electron chi connectivity index (χ3n) is 5.87. The Morgan fingerprint density at radius 1 is 0.694 bits per heavy atom. The third-order valence-corrected chi connectivity index (χ3v) is 10.1. The van der Waals surface area contributed by atoms with E-state index in [0.29, 0.717) is 0 Å². The van der Waals surface area contributed by atoms with Gasteiger partial charge in [0.25, 0.3) is 0 Å². The van der Waals surface area contributed by atoms with Crippen LogP contribution in [-0.2, 0) is 20.1 Å². The molecule has 3 nitrogen and oxygen atoms in total. The molecule has 1 aliphatic rings. The first-order valence-corrected chi connectivity index (χ1v) is 19.0. The molecule has 5 heteroatoms. The molecule has 5 aromatic rings. The van der Waals surface area contributed by atoms with Crippen LogP contribution in [0, 0.1) is 12.1 Å². The Morgan fingerprint density at radius 3 is 2.19 bits per heavy atom. The number of benzene rings is 3. The van der Waals surface area contributed by atoms with Crippen molar-refractivity contribution < 1.29 is 24.8 Å². The van der Waals surface area contributed by atoms with Crippen LogP contribution in [-0.4, -0.2) is 23.2 Å². The van der Waals surface area contributed by atoms with Gasteiger partial charge in [0.2, 0.25) is 0 Å². The second kappa shape index (κ2) is 11.3. The van der Waals surface area contributed by atoms with E-state index >= 15 is 0 Å². The summed E-state index contributed by atoms with van der Waals surface area (Å²) in [5, 5.41) is 0. The van der Waals surface area contributed by atoms with Gasteiger partial charge in [-0.15, -0.1) is 24.3 Å². The molecule has 0 N–H and O–H groups in total. The van der Waals surface area contributed by atoms with Crippen molar-refractivity contribution >= 4 is 17.7 Å². The molecule has 6 rings (SSSR count). The van der Waals surface area contributed by atoms with Crippen LogP contribution < -0.4 is 9.13 Å². The van der Waals surface area contributed by atoms with Crippen LogP contribution in [0.15, 0.2) is 103 Å². The Hall–Kier alpha value is -3.05. The number of hydrogen-bond donors (Lipinski definition) is 0. The van der Waals surface area contributed by atoms with Crippen LogP contribution in [0.4, 0.5) is 0 Å². The van der Waals surface area contributed by atoms with E-state index < -0.39 is 13.3 Å². The SMILES string of the molecule is [CH3][Ge]([CH3])([CH3])[c]1ccc(-c2[c-]cccc2)nc1.[Ir].[c-]1cccc2c1-c1ncccc1-c1ccccc1O2. The molecular formula is C31H26GeIrN2O-2. The summed E-state index contributed by atoms with van der Waals surface area (Å²) in [6, 6.07) is 36.5.